The summed E-state index contributed by atoms with van der Waals surface area (Å²) in [5.41, 5.74) is 1.49. The summed E-state index contributed by atoms with van der Waals surface area (Å²) in [6.45, 7) is 0. The van der Waals surface area contributed by atoms with Gasteiger partial charge in [-0.15, -0.1) is 10.2 Å². The number of rotatable bonds is 1. The van der Waals surface area contributed by atoms with Crippen molar-refractivity contribution in [1.82, 2.24) is 15.4 Å². The SMILES string of the molecule is ClC(Cl)(Cl)c1cc2ccccc2c(-c2ccnnn2)c1C(Cl)(Cl)Cl. The van der Waals surface area contributed by atoms with Crippen LogP contribution in [0.25, 0.3) is 22.0 Å². The van der Waals surface area contributed by atoms with Gasteiger partial charge in [-0.25, -0.2) is 0 Å². The molecular formula is C15H7Cl6N3. The van der Waals surface area contributed by atoms with Gasteiger partial charge >= 0.3 is 0 Å². The molecule has 9 heteroatoms. The molecule has 0 bridgehead atoms. The van der Waals surface area contributed by atoms with Crippen LogP contribution in [0, 0.1) is 0 Å². The zero-order valence-corrected chi connectivity index (χ0v) is 16.2. The van der Waals surface area contributed by atoms with E-state index in [4.69, 9.17) is 69.6 Å². The normalized spacial score (nSPS) is 12.6. The fraction of sp³-hybridized carbons (Fsp3) is 0.133. The predicted octanol–water partition coefficient (Wildman–Crippen LogP) is 6.35. The highest BCUT2D eigenvalue weighted by molar-refractivity contribution is 6.69. The van der Waals surface area contributed by atoms with Crippen LogP contribution in [-0.2, 0) is 7.59 Å². The van der Waals surface area contributed by atoms with Crippen LogP contribution < -0.4 is 0 Å². The van der Waals surface area contributed by atoms with Crippen LogP contribution in [0.1, 0.15) is 11.1 Å². The zero-order chi connectivity index (χ0) is 17.5. The highest BCUT2D eigenvalue weighted by Gasteiger charge is 2.38. The summed E-state index contributed by atoms with van der Waals surface area (Å²) in [5, 5.41) is 13.0. The van der Waals surface area contributed by atoms with Crippen molar-refractivity contribution < 1.29 is 0 Å². The van der Waals surface area contributed by atoms with Gasteiger partial charge in [0.15, 0.2) is 0 Å². The first-order chi connectivity index (χ1) is 11.2. The van der Waals surface area contributed by atoms with Crippen molar-refractivity contribution in [2.45, 2.75) is 7.59 Å². The molecule has 0 fully saturated rings. The summed E-state index contributed by atoms with van der Waals surface area (Å²) < 4.78 is -3.64. The molecule has 0 saturated heterocycles. The first-order valence-electron chi connectivity index (χ1n) is 6.54. The standard InChI is InChI=1S/C15H7Cl6N3/c16-14(17,18)10-7-8-3-1-2-4-9(8)12(13(10)15(19,20)21)11-5-6-22-24-23-11/h1-7H. The van der Waals surface area contributed by atoms with E-state index in [1.54, 1.807) is 12.1 Å². The van der Waals surface area contributed by atoms with Gasteiger partial charge < -0.3 is 0 Å². The van der Waals surface area contributed by atoms with Gasteiger partial charge in [-0.2, -0.15) is 0 Å². The minimum absolute atomic E-state index is 0.242. The van der Waals surface area contributed by atoms with E-state index in [-0.39, 0.29) is 11.1 Å². The molecule has 0 unspecified atom stereocenters. The van der Waals surface area contributed by atoms with Crippen molar-refractivity contribution in [3.63, 3.8) is 0 Å². The maximum atomic E-state index is 6.22. The second kappa shape index (κ2) is 6.64. The van der Waals surface area contributed by atoms with Crippen LogP contribution in [0.5, 0.6) is 0 Å². The van der Waals surface area contributed by atoms with E-state index in [2.05, 4.69) is 15.4 Å². The number of aromatic nitrogens is 3. The van der Waals surface area contributed by atoms with E-state index in [1.165, 1.54) is 6.20 Å². The molecule has 124 valence electrons. The van der Waals surface area contributed by atoms with Crippen molar-refractivity contribution in [2.75, 3.05) is 0 Å². The highest BCUT2D eigenvalue weighted by atomic mass is 35.6. The van der Waals surface area contributed by atoms with E-state index >= 15 is 0 Å². The summed E-state index contributed by atoms with van der Waals surface area (Å²) in [7, 11) is 0. The van der Waals surface area contributed by atoms with Crippen LogP contribution in [-0.4, -0.2) is 15.4 Å². The summed E-state index contributed by atoms with van der Waals surface area (Å²) in [6, 6.07) is 10.8. The van der Waals surface area contributed by atoms with Gasteiger partial charge in [0.2, 0.25) is 7.59 Å². The minimum Gasteiger partial charge on any atom is -0.139 e. The number of hydrogen-bond donors (Lipinski definition) is 0. The Balaban J connectivity index is 2.55. The Labute approximate surface area is 167 Å². The Morgan fingerprint density at radius 2 is 1.54 bits per heavy atom. The Morgan fingerprint density at radius 1 is 0.833 bits per heavy atom. The van der Waals surface area contributed by atoms with Crippen LogP contribution in [0.3, 0.4) is 0 Å². The Morgan fingerprint density at radius 3 is 2.12 bits per heavy atom. The summed E-state index contributed by atoms with van der Waals surface area (Å²) in [4.78, 5) is 0. The Bertz CT molecular complexity index is 887. The van der Waals surface area contributed by atoms with Crippen molar-refractivity contribution >= 4 is 80.4 Å². The lowest BCUT2D eigenvalue weighted by atomic mass is 9.93. The molecule has 0 aliphatic heterocycles. The maximum absolute atomic E-state index is 6.22. The third-order valence-corrected chi connectivity index (χ3v) is 4.58. The quantitative estimate of drug-likeness (QED) is 0.413. The molecule has 0 aliphatic rings. The molecule has 0 N–H and O–H groups in total. The molecule has 0 radical (unpaired) electrons. The Kier molecular flexibility index (Phi) is 5.05. The molecule has 0 aliphatic carbocycles. The molecule has 3 nitrogen and oxygen atoms in total. The van der Waals surface area contributed by atoms with Gasteiger partial charge in [-0.1, -0.05) is 93.9 Å². The summed E-state index contributed by atoms with van der Waals surface area (Å²) >= 11 is 37.1. The number of nitrogens with zero attached hydrogens (tertiary/aromatic N) is 3. The van der Waals surface area contributed by atoms with Crippen LogP contribution >= 0.6 is 69.6 Å². The molecule has 3 rings (SSSR count). The topological polar surface area (TPSA) is 38.7 Å². The monoisotopic (exact) mass is 439 g/mol. The van der Waals surface area contributed by atoms with E-state index < -0.39 is 7.59 Å². The number of halogens is 6. The average Bonchev–Trinajstić information content (AvgIpc) is 2.52. The Hall–Kier alpha value is -0.550. The van der Waals surface area contributed by atoms with Crippen molar-refractivity contribution in [3.8, 4) is 11.3 Å². The lowest BCUT2D eigenvalue weighted by Gasteiger charge is -2.25. The molecule has 24 heavy (non-hydrogen) atoms. The number of hydrogen-bond acceptors (Lipinski definition) is 3. The molecule has 0 saturated carbocycles. The average molecular weight is 442 g/mol. The van der Waals surface area contributed by atoms with Gasteiger partial charge in [-0.05, 0) is 28.1 Å². The zero-order valence-electron chi connectivity index (χ0n) is 11.7. The summed E-state index contributed by atoms with van der Waals surface area (Å²) in [5.74, 6) is 0. The number of fused-ring (bicyclic) bond motifs is 1. The molecule has 2 aromatic carbocycles. The van der Waals surface area contributed by atoms with Gasteiger partial charge in [0.25, 0.3) is 0 Å². The molecule has 0 atom stereocenters. The molecule has 3 aromatic rings. The van der Waals surface area contributed by atoms with E-state index in [1.807, 2.05) is 24.3 Å². The third kappa shape index (κ3) is 3.52. The van der Waals surface area contributed by atoms with E-state index in [0.29, 0.717) is 11.3 Å². The van der Waals surface area contributed by atoms with Crippen LogP contribution in [0.2, 0.25) is 0 Å². The minimum atomic E-state index is -1.84. The molecule has 1 aromatic heterocycles. The second-order valence-electron chi connectivity index (χ2n) is 4.90. The lowest BCUT2D eigenvalue weighted by Crippen LogP contribution is -2.14. The molecule has 1 heterocycles. The summed E-state index contributed by atoms with van der Waals surface area (Å²) in [6.07, 6.45) is 1.49. The van der Waals surface area contributed by atoms with Gasteiger partial charge in [-0.3, -0.25) is 0 Å². The van der Waals surface area contributed by atoms with Crippen molar-refractivity contribution in [1.29, 1.82) is 0 Å². The lowest BCUT2D eigenvalue weighted by molar-refractivity contribution is 0.869. The third-order valence-electron chi connectivity index (χ3n) is 3.40. The molecular weight excluding hydrogens is 435 g/mol. The van der Waals surface area contributed by atoms with Crippen molar-refractivity contribution in [3.05, 3.63) is 53.7 Å². The van der Waals surface area contributed by atoms with Crippen LogP contribution in [0.4, 0.5) is 0 Å². The van der Waals surface area contributed by atoms with Gasteiger partial charge in [0, 0.05) is 16.7 Å². The van der Waals surface area contributed by atoms with Crippen molar-refractivity contribution in [2.24, 2.45) is 0 Å². The van der Waals surface area contributed by atoms with Gasteiger partial charge in [0.1, 0.15) is 0 Å². The smallest absolute Gasteiger partial charge is 0.139 e. The van der Waals surface area contributed by atoms with Gasteiger partial charge in [0.05, 0.1) is 11.9 Å². The first kappa shape index (κ1) is 18.2. The van der Waals surface area contributed by atoms with E-state index in [9.17, 15) is 0 Å². The largest absolute Gasteiger partial charge is 0.217 e. The van der Waals surface area contributed by atoms with Crippen LogP contribution in [0.15, 0.2) is 42.6 Å². The fourth-order valence-electron chi connectivity index (χ4n) is 2.51. The molecule has 0 spiro atoms. The number of alkyl halides is 6. The first-order valence-corrected chi connectivity index (χ1v) is 8.81. The predicted molar refractivity (Wildman–Crippen MR) is 101 cm³/mol. The highest BCUT2D eigenvalue weighted by Crippen LogP contribution is 2.53. The fourth-order valence-corrected chi connectivity index (χ4v) is 3.54. The second-order valence-corrected chi connectivity index (χ2v) is 9.46. The molecule has 0 amide bonds. The maximum Gasteiger partial charge on any atom is 0.217 e. The number of benzene rings is 2. The van der Waals surface area contributed by atoms with E-state index in [0.717, 1.165) is 10.8 Å².